The van der Waals surface area contributed by atoms with Gasteiger partial charge in [-0.2, -0.15) is 0 Å². The average Bonchev–Trinajstić information content (AvgIpc) is 2.46. The van der Waals surface area contributed by atoms with Gasteiger partial charge in [-0.05, 0) is 56.2 Å². The number of amides is 1. The molecule has 2 rings (SSSR count). The van der Waals surface area contributed by atoms with Gasteiger partial charge in [0.15, 0.2) is 11.6 Å². The minimum atomic E-state index is -0.959. The molecule has 110 valence electrons. The van der Waals surface area contributed by atoms with Crippen molar-refractivity contribution in [3.8, 4) is 0 Å². The maximum absolute atomic E-state index is 13.3. The topological polar surface area (TPSA) is 20.3 Å². The first-order valence-electron chi connectivity index (χ1n) is 6.78. The molecule has 0 atom stereocenters. The van der Waals surface area contributed by atoms with Gasteiger partial charge in [0.2, 0.25) is 0 Å². The molecule has 0 aliphatic rings. The van der Waals surface area contributed by atoms with Gasteiger partial charge in [0.05, 0.1) is 0 Å². The number of hydrogen-bond acceptors (Lipinski definition) is 1. The standard InChI is InChI=1S/C17H17F2NO/c1-4-20(14-7-8-15(18)16(19)10-14)17(21)13-6-5-11(2)12(3)9-13/h5-10H,4H2,1-3H3. The fraction of sp³-hybridized carbons (Fsp3) is 0.235. The van der Waals surface area contributed by atoms with E-state index in [1.165, 1.54) is 11.0 Å². The van der Waals surface area contributed by atoms with Crippen LogP contribution in [0.15, 0.2) is 36.4 Å². The summed E-state index contributed by atoms with van der Waals surface area (Å²) < 4.78 is 26.4. The van der Waals surface area contributed by atoms with Crippen molar-refractivity contribution in [3.05, 3.63) is 64.7 Å². The zero-order valence-electron chi connectivity index (χ0n) is 12.3. The van der Waals surface area contributed by atoms with Gasteiger partial charge in [0.25, 0.3) is 5.91 Å². The van der Waals surface area contributed by atoms with Gasteiger partial charge in [-0.3, -0.25) is 4.79 Å². The summed E-state index contributed by atoms with van der Waals surface area (Å²) in [6.07, 6.45) is 0. The SMILES string of the molecule is CCN(C(=O)c1ccc(C)c(C)c1)c1ccc(F)c(F)c1. The average molecular weight is 289 g/mol. The third-order valence-electron chi connectivity index (χ3n) is 3.53. The highest BCUT2D eigenvalue weighted by Crippen LogP contribution is 2.21. The fourth-order valence-corrected chi connectivity index (χ4v) is 2.13. The molecule has 1 amide bonds. The smallest absolute Gasteiger partial charge is 0.258 e. The molecule has 0 aliphatic carbocycles. The number of benzene rings is 2. The van der Waals surface area contributed by atoms with E-state index in [-0.39, 0.29) is 5.91 Å². The molecule has 0 aromatic heterocycles. The molecule has 0 heterocycles. The Hall–Kier alpha value is -2.23. The molecular weight excluding hydrogens is 272 g/mol. The van der Waals surface area contributed by atoms with E-state index in [2.05, 4.69) is 0 Å². The molecule has 2 aromatic rings. The van der Waals surface area contributed by atoms with E-state index in [0.29, 0.717) is 17.8 Å². The Morgan fingerprint density at radius 1 is 1.00 bits per heavy atom. The van der Waals surface area contributed by atoms with Crippen LogP contribution in [0.5, 0.6) is 0 Å². The molecule has 0 bridgehead atoms. The molecule has 0 fully saturated rings. The zero-order chi connectivity index (χ0) is 15.6. The molecule has 4 heteroatoms. The number of rotatable bonds is 3. The lowest BCUT2D eigenvalue weighted by atomic mass is 10.1. The Balaban J connectivity index is 2.37. The molecular formula is C17H17F2NO. The number of nitrogens with zero attached hydrogens (tertiary/aromatic N) is 1. The highest BCUT2D eigenvalue weighted by atomic mass is 19.2. The summed E-state index contributed by atoms with van der Waals surface area (Å²) in [5.74, 6) is -2.11. The Morgan fingerprint density at radius 3 is 2.29 bits per heavy atom. The largest absolute Gasteiger partial charge is 0.309 e. The van der Waals surface area contributed by atoms with Crippen molar-refractivity contribution in [1.82, 2.24) is 0 Å². The van der Waals surface area contributed by atoms with Gasteiger partial charge in [-0.25, -0.2) is 8.78 Å². The number of carbonyl (C=O) groups is 1. The molecule has 21 heavy (non-hydrogen) atoms. The Morgan fingerprint density at radius 2 is 1.71 bits per heavy atom. The van der Waals surface area contributed by atoms with Crippen LogP contribution in [0.3, 0.4) is 0 Å². The van der Waals surface area contributed by atoms with Crippen LogP contribution in [0, 0.1) is 25.5 Å². The quantitative estimate of drug-likeness (QED) is 0.827. The van der Waals surface area contributed by atoms with Crippen molar-refractivity contribution < 1.29 is 13.6 Å². The summed E-state index contributed by atoms with van der Waals surface area (Å²) in [6.45, 7) is 6.06. The molecule has 0 saturated heterocycles. The zero-order valence-corrected chi connectivity index (χ0v) is 12.3. The predicted octanol–water partition coefficient (Wildman–Crippen LogP) is 4.25. The van der Waals surface area contributed by atoms with Crippen molar-refractivity contribution in [3.63, 3.8) is 0 Å². The molecule has 0 radical (unpaired) electrons. The number of hydrogen-bond donors (Lipinski definition) is 0. The van der Waals surface area contributed by atoms with E-state index in [1.807, 2.05) is 19.9 Å². The van der Waals surface area contributed by atoms with Crippen molar-refractivity contribution in [1.29, 1.82) is 0 Å². The van der Waals surface area contributed by atoms with Crippen molar-refractivity contribution >= 4 is 11.6 Å². The molecule has 2 nitrogen and oxygen atoms in total. The maximum Gasteiger partial charge on any atom is 0.258 e. The fourth-order valence-electron chi connectivity index (χ4n) is 2.13. The first-order valence-corrected chi connectivity index (χ1v) is 6.78. The third kappa shape index (κ3) is 3.10. The number of anilines is 1. The minimum absolute atomic E-state index is 0.230. The van der Waals surface area contributed by atoms with Crippen molar-refractivity contribution in [2.75, 3.05) is 11.4 Å². The van der Waals surface area contributed by atoms with Crippen LogP contribution in [-0.4, -0.2) is 12.5 Å². The van der Waals surface area contributed by atoms with E-state index in [1.54, 1.807) is 19.1 Å². The number of carbonyl (C=O) groups excluding carboxylic acids is 1. The second kappa shape index (κ2) is 6.04. The summed E-state index contributed by atoms with van der Waals surface area (Å²) in [7, 11) is 0. The maximum atomic E-state index is 13.3. The first kappa shape index (κ1) is 15.2. The molecule has 0 unspecified atom stereocenters. The van der Waals surface area contributed by atoms with E-state index in [4.69, 9.17) is 0 Å². The monoisotopic (exact) mass is 289 g/mol. The lowest BCUT2D eigenvalue weighted by Crippen LogP contribution is -2.30. The molecule has 0 saturated carbocycles. The Bertz CT molecular complexity index is 682. The summed E-state index contributed by atoms with van der Waals surface area (Å²) in [5.41, 5.74) is 2.99. The van der Waals surface area contributed by atoms with E-state index in [0.717, 1.165) is 23.3 Å². The van der Waals surface area contributed by atoms with E-state index >= 15 is 0 Å². The number of halogens is 2. The summed E-state index contributed by atoms with van der Waals surface area (Å²) in [5, 5.41) is 0. The number of aryl methyl sites for hydroxylation is 2. The van der Waals surface area contributed by atoms with E-state index < -0.39 is 11.6 Å². The summed E-state index contributed by atoms with van der Waals surface area (Å²) >= 11 is 0. The predicted molar refractivity (Wildman–Crippen MR) is 79.6 cm³/mol. The molecule has 0 spiro atoms. The Kier molecular flexibility index (Phi) is 4.36. The van der Waals surface area contributed by atoms with Crippen LogP contribution in [-0.2, 0) is 0 Å². The highest BCUT2D eigenvalue weighted by molar-refractivity contribution is 6.06. The van der Waals surface area contributed by atoms with Gasteiger partial charge in [-0.1, -0.05) is 6.07 Å². The Labute approximate surface area is 123 Å². The third-order valence-corrected chi connectivity index (χ3v) is 3.53. The second-order valence-electron chi connectivity index (χ2n) is 4.95. The lowest BCUT2D eigenvalue weighted by Gasteiger charge is -2.21. The highest BCUT2D eigenvalue weighted by Gasteiger charge is 2.17. The molecule has 0 N–H and O–H groups in total. The van der Waals surface area contributed by atoms with Crippen LogP contribution in [0.1, 0.15) is 28.4 Å². The first-order chi connectivity index (χ1) is 9.93. The minimum Gasteiger partial charge on any atom is -0.309 e. The van der Waals surface area contributed by atoms with Crippen molar-refractivity contribution in [2.45, 2.75) is 20.8 Å². The van der Waals surface area contributed by atoms with Crippen LogP contribution in [0.4, 0.5) is 14.5 Å². The summed E-state index contributed by atoms with van der Waals surface area (Å²) in [4.78, 5) is 14.0. The summed E-state index contributed by atoms with van der Waals surface area (Å²) in [6, 6.07) is 8.90. The molecule has 2 aromatic carbocycles. The van der Waals surface area contributed by atoms with Crippen molar-refractivity contribution in [2.24, 2.45) is 0 Å². The van der Waals surface area contributed by atoms with Crippen LogP contribution < -0.4 is 4.90 Å². The van der Waals surface area contributed by atoms with Gasteiger partial charge in [0.1, 0.15) is 0 Å². The van der Waals surface area contributed by atoms with Gasteiger partial charge >= 0.3 is 0 Å². The molecule has 0 aliphatic heterocycles. The lowest BCUT2D eigenvalue weighted by molar-refractivity contribution is 0.0988. The van der Waals surface area contributed by atoms with E-state index in [9.17, 15) is 13.6 Å². The van der Waals surface area contributed by atoms with Crippen LogP contribution in [0.2, 0.25) is 0 Å². The van der Waals surface area contributed by atoms with Gasteiger partial charge in [0, 0.05) is 23.9 Å². The van der Waals surface area contributed by atoms with Gasteiger partial charge in [-0.15, -0.1) is 0 Å². The second-order valence-corrected chi connectivity index (χ2v) is 4.95. The normalized spacial score (nSPS) is 10.5. The van der Waals surface area contributed by atoms with Gasteiger partial charge < -0.3 is 4.90 Å². The van der Waals surface area contributed by atoms with Crippen LogP contribution >= 0.6 is 0 Å². The van der Waals surface area contributed by atoms with Crippen LogP contribution in [0.25, 0.3) is 0 Å².